The lowest BCUT2D eigenvalue weighted by molar-refractivity contribution is -0.135. The molecule has 0 unspecified atom stereocenters. The molecule has 0 bridgehead atoms. The lowest BCUT2D eigenvalue weighted by Gasteiger charge is -2.05. The maximum atomic E-state index is 11.9. The van der Waals surface area contributed by atoms with Crippen LogP contribution in [0.15, 0.2) is 35.4 Å². The van der Waals surface area contributed by atoms with Crippen molar-refractivity contribution in [2.75, 3.05) is 19.9 Å². The van der Waals surface area contributed by atoms with Crippen molar-refractivity contribution in [3.8, 4) is 5.75 Å². The van der Waals surface area contributed by atoms with Crippen molar-refractivity contribution >= 4 is 23.5 Å². The van der Waals surface area contributed by atoms with E-state index in [0.29, 0.717) is 16.3 Å². The van der Waals surface area contributed by atoms with Crippen molar-refractivity contribution in [3.05, 3.63) is 40.9 Å². The molecule has 0 aromatic heterocycles. The highest BCUT2D eigenvalue weighted by atomic mass is 32.2. The van der Waals surface area contributed by atoms with E-state index in [1.165, 1.54) is 17.8 Å². The van der Waals surface area contributed by atoms with E-state index in [-0.39, 0.29) is 12.3 Å². The summed E-state index contributed by atoms with van der Waals surface area (Å²) in [4.78, 5) is 22.4. The first-order chi connectivity index (χ1) is 9.06. The van der Waals surface area contributed by atoms with Gasteiger partial charge in [-0.3, -0.25) is 9.59 Å². The summed E-state index contributed by atoms with van der Waals surface area (Å²) < 4.78 is 5.01. The summed E-state index contributed by atoms with van der Waals surface area (Å²) in [5.74, 6) is -0.489. The number of rotatable bonds is 7. The number of carbonyl (C=O) groups excluding carboxylic acids is 1. The first-order valence-corrected chi connectivity index (χ1v) is 6.69. The summed E-state index contributed by atoms with van der Waals surface area (Å²) in [6.07, 6.45) is 3.15. The molecule has 0 heterocycles. The van der Waals surface area contributed by atoms with E-state index in [1.807, 2.05) is 0 Å². The summed E-state index contributed by atoms with van der Waals surface area (Å²) in [5, 5.41) is 11.8. The van der Waals surface area contributed by atoms with Gasteiger partial charge in [0.2, 0.25) is 0 Å². The lowest BCUT2D eigenvalue weighted by atomic mass is 10.1. The monoisotopic (exact) mass is 281 g/mol. The van der Waals surface area contributed by atoms with Crippen molar-refractivity contribution in [1.29, 1.82) is 0 Å². The van der Waals surface area contributed by atoms with Gasteiger partial charge >= 0.3 is 5.97 Å². The second kappa shape index (κ2) is 7.48. The zero-order valence-corrected chi connectivity index (χ0v) is 11.5. The molecule has 0 saturated heterocycles. The number of carbonyl (C=O) groups is 2. The number of hydrogen-bond acceptors (Lipinski definition) is 5. The van der Waals surface area contributed by atoms with Crippen LogP contribution in [0.3, 0.4) is 0 Å². The summed E-state index contributed by atoms with van der Waals surface area (Å²) >= 11 is 1.28. The average Bonchev–Trinajstić information content (AvgIpc) is 2.43. The fourth-order valence-electron chi connectivity index (χ4n) is 1.30. The number of ether oxygens (including phenoxy) is 1. The normalized spacial score (nSPS) is 10.9. The molecule has 1 rings (SSSR count). The van der Waals surface area contributed by atoms with Gasteiger partial charge in [0.25, 0.3) is 0 Å². The van der Waals surface area contributed by atoms with Crippen LogP contribution in [-0.2, 0) is 4.79 Å². The third kappa shape index (κ3) is 5.05. The number of methoxy groups -OCH3 is 1. The van der Waals surface area contributed by atoms with Crippen LogP contribution < -0.4 is 10.1 Å². The van der Waals surface area contributed by atoms with Crippen LogP contribution in [0.1, 0.15) is 10.4 Å². The molecule has 6 heteroatoms. The van der Waals surface area contributed by atoms with Crippen LogP contribution in [0.2, 0.25) is 0 Å². The lowest BCUT2D eigenvalue weighted by Crippen LogP contribution is -2.21. The largest absolute Gasteiger partial charge is 0.497 e. The number of nitrogens with one attached hydrogen (secondary N) is 1. The minimum Gasteiger partial charge on any atom is -0.497 e. The Bertz CT molecular complexity index is 482. The van der Waals surface area contributed by atoms with E-state index in [1.54, 1.807) is 37.6 Å². The molecule has 2 N–H and O–H groups in total. The predicted molar refractivity (Wildman–Crippen MR) is 74.6 cm³/mol. The number of hydrogen-bond donors (Lipinski definition) is 2. The van der Waals surface area contributed by atoms with Crippen LogP contribution in [0.25, 0.3) is 0 Å². The maximum Gasteiger partial charge on any atom is 0.322 e. The van der Waals surface area contributed by atoms with Gasteiger partial charge in [-0.15, -0.1) is 11.8 Å². The molecule has 0 amide bonds. The first kappa shape index (κ1) is 15.1. The maximum absolute atomic E-state index is 11.9. The van der Waals surface area contributed by atoms with E-state index in [9.17, 15) is 9.59 Å². The summed E-state index contributed by atoms with van der Waals surface area (Å²) in [7, 11) is 1.55. The highest BCUT2D eigenvalue weighted by molar-refractivity contribution is 8.02. The second-order valence-corrected chi connectivity index (χ2v) is 4.40. The summed E-state index contributed by atoms with van der Waals surface area (Å²) in [6.45, 7) is -0.220. The van der Waals surface area contributed by atoms with Gasteiger partial charge in [0.05, 0.1) is 12.1 Å². The van der Waals surface area contributed by atoms with E-state index in [2.05, 4.69) is 5.32 Å². The van der Waals surface area contributed by atoms with Gasteiger partial charge in [-0.25, -0.2) is 0 Å². The van der Waals surface area contributed by atoms with Gasteiger partial charge in [0, 0.05) is 11.6 Å². The molecule has 0 radical (unpaired) electrons. The highest BCUT2D eigenvalue weighted by Crippen LogP contribution is 2.14. The minimum absolute atomic E-state index is 0.190. The Balaban J connectivity index is 2.76. The number of aliphatic carboxylic acids is 1. The quantitative estimate of drug-likeness (QED) is 0.586. The van der Waals surface area contributed by atoms with Crippen molar-refractivity contribution in [1.82, 2.24) is 5.32 Å². The highest BCUT2D eigenvalue weighted by Gasteiger charge is 2.06. The molecule has 1 aromatic rings. The van der Waals surface area contributed by atoms with Gasteiger partial charge in [-0.1, -0.05) is 0 Å². The predicted octanol–water partition coefficient (Wildman–Crippen LogP) is 1.76. The standard InChI is InChI=1S/C13H15NO4S/c1-18-10-5-3-9(4-6-10)11(15)7-12(19-2)14-8-13(16)17/h3-7,14H,8H2,1-2H3,(H,16,17)/b12-7-. The van der Waals surface area contributed by atoms with Gasteiger partial charge < -0.3 is 15.2 Å². The topological polar surface area (TPSA) is 75.6 Å². The van der Waals surface area contributed by atoms with Gasteiger partial charge in [0.15, 0.2) is 5.78 Å². The number of carboxylic acids is 1. The number of allylic oxidation sites excluding steroid dienone is 1. The van der Waals surface area contributed by atoms with Gasteiger partial charge in [-0.05, 0) is 30.5 Å². The van der Waals surface area contributed by atoms with Crippen molar-refractivity contribution in [2.45, 2.75) is 0 Å². The van der Waals surface area contributed by atoms with Gasteiger partial charge in [0.1, 0.15) is 12.3 Å². The van der Waals surface area contributed by atoms with E-state index in [0.717, 1.165) is 0 Å². The molecule has 0 spiro atoms. The molecule has 0 aliphatic rings. The number of carboxylic acid groups (broad SMARTS) is 1. The molecule has 0 atom stereocenters. The van der Waals surface area contributed by atoms with Crippen LogP contribution >= 0.6 is 11.8 Å². The molecular formula is C13H15NO4S. The van der Waals surface area contributed by atoms with Crippen LogP contribution in [0.5, 0.6) is 5.75 Å². The Morgan fingerprint density at radius 1 is 1.37 bits per heavy atom. The molecule has 5 nitrogen and oxygen atoms in total. The molecule has 1 aromatic carbocycles. The molecular weight excluding hydrogens is 266 g/mol. The van der Waals surface area contributed by atoms with Crippen molar-refractivity contribution < 1.29 is 19.4 Å². The molecule has 102 valence electrons. The second-order valence-electron chi connectivity index (χ2n) is 3.55. The molecule has 0 saturated carbocycles. The fourth-order valence-corrected chi connectivity index (χ4v) is 1.74. The molecule has 0 aliphatic heterocycles. The molecule has 0 fully saturated rings. The van der Waals surface area contributed by atoms with E-state index in [4.69, 9.17) is 9.84 Å². The third-order valence-corrected chi connectivity index (χ3v) is 2.97. The average molecular weight is 281 g/mol. The van der Waals surface area contributed by atoms with Crippen LogP contribution in [0, 0.1) is 0 Å². The smallest absolute Gasteiger partial charge is 0.322 e. The van der Waals surface area contributed by atoms with Gasteiger partial charge in [-0.2, -0.15) is 0 Å². The Kier molecular flexibility index (Phi) is 5.95. The van der Waals surface area contributed by atoms with Crippen molar-refractivity contribution in [3.63, 3.8) is 0 Å². The third-order valence-electron chi connectivity index (χ3n) is 2.27. The molecule has 0 aliphatic carbocycles. The summed E-state index contributed by atoms with van der Waals surface area (Å²) in [5.41, 5.74) is 0.518. The SMILES string of the molecule is COc1ccc(C(=O)/C=C(/NCC(=O)O)SC)cc1. The number of benzene rings is 1. The Morgan fingerprint density at radius 3 is 2.47 bits per heavy atom. The van der Waals surface area contributed by atoms with Crippen LogP contribution in [-0.4, -0.2) is 36.8 Å². The zero-order chi connectivity index (χ0) is 14.3. The first-order valence-electron chi connectivity index (χ1n) is 5.46. The Morgan fingerprint density at radius 2 is 2.00 bits per heavy atom. The Labute approximate surface area is 115 Å². The van der Waals surface area contributed by atoms with Crippen LogP contribution in [0.4, 0.5) is 0 Å². The number of ketones is 1. The fraction of sp³-hybridized carbons (Fsp3) is 0.231. The van der Waals surface area contributed by atoms with E-state index >= 15 is 0 Å². The number of thioether (sulfide) groups is 1. The zero-order valence-electron chi connectivity index (χ0n) is 10.7. The van der Waals surface area contributed by atoms with E-state index < -0.39 is 5.97 Å². The minimum atomic E-state index is -0.975. The molecule has 19 heavy (non-hydrogen) atoms. The summed E-state index contributed by atoms with van der Waals surface area (Å²) in [6, 6.07) is 6.72. The van der Waals surface area contributed by atoms with Crippen molar-refractivity contribution in [2.24, 2.45) is 0 Å². The Hall–Kier alpha value is -1.95.